The summed E-state index contributed by atoms with van der Waals surface area (Å²) in [6, 6.07) is 19.7. The molecule has 37 heavy (non-hydrogen) atoms. The Hall–Kier alpha value is -3.38. The highest BCUT2D eigenvalue weighted by Gasteiger charge is 2.15. The molecule has 0 bridgehead atoms. The highest BCUT2D eigenvalue weighted by atomic mass is 16.5. The summed E-state index contributed by atoms with van der Waals surface area (Å²) < 4.78 is 11.1. The predicted molar refractivity (Wildman–Crippen MR) is 155 cm³/mol. The van der Waals surface area contributed by atoms with E-state index in [1.807, 2.05) is 12.1 Å². The Balaban J connectivity index is 1.57. The number of rotatable bonds is 12. The number of nitrogens with zero attached hydrogens (tertiary/aromatic N) is 3. The summed E-state index contributed by atoms with van der Waals surface area (Å²) in [6.45, 7) is 11.1. The van der Waals surface area contributed by atoms with Crippen molar-refractivity contribution in [1.29, 1.82) is 0 Å². The van der Waals surface area contributed by atoms with Gasteiger partial charge in [0.05, 0.1) is 19.7 Å². The fraction of sp³-hybridized carbons (Fsp3) is 0.419. The first kappa shape index (κ1) is 26.7. The first-order valence-electron chi connectivity index (χ1n) is 13.3. The normalized spacial score (nSPS) is 11.7. The number of methoxy groups -OCH3 is 2. The van der Waals surface area contributed by atoms with Crippen LogP contribution in [0.2, 0.25) is 0 Å². The van der Waals surface area contributed by atoms with Crippen molar-refractivity contribution in [3.8, 4) is 22.9 Å². The van der Waals surface area contributed by atoms with Gasteiger partial charge in [-0.1, -0.05) is 42.8 Å². The van der Waals surface area contributed by atoms with Crippen LogP contribution in [-0.2, 0) is 0 Å². The van der Waals surface area contributed by atoms with E-state index < -0.39 is 0 Å². The lowest BCUT2D eigenvalue weighted by atomic mass is 10.1. The van der Waals surface area contributed by atoms with Crippen molar-refractivity contribution >= 4 is 27.5 Å². The van der Waals surface area contributed by atoms with Gasteiger partial charge in [-0.15, -0.1) is 0 Å². The summed E-state index contributed by atoms with van der Waals surface area (Å²) in [5.41, 5.74) is 1.81. The molecule has 1 heterocycles. The maximum atomic E-state index is 5.57. The van der Waals surface area contributed by atoms with Crippen LogP contribution >= 0.6 is 0 Å². The van der Waals surface area contributed by atoms with Crippen molar-refractivity contribution < 1.29 is 9.47 Å². The Bertz CT molecular complexity index is 1330. The average molecular weight is 501 g/mol. The number of hydrogen-bond donors (Lipinski definition) is 1. The van der Waals surface area contributed by atoms with Crippen LogP contribution in [0, 0.1) is 0 Å². The second kappa shape index (κ2) is 12.2. The summed E-state index contributed by atoms with van der Waals surface area (Å²) >= 11 is 0. The van der Waals surface area contributed by atoms with Crippen LogP contribution in [0.4, 0.5) is 5.82 Å². The third-order valence-corrected chi connectivity index (χ3v) is 6.92. The molecule has 6 nitrogen and oxygen atoms in total. The van der Waals surface area contributed by atoms with Crippen molar-refractivity contribution in [2.75, 3.05) is 32.6 Å². The molecule has 0 aliphatic heterocycles. The Labute approximate surface area is 221 Å². The van der Waals surface area contributed by atoms with E-state index in [0.29, 0.717) is 29.4 Å². The largest absolute Gasteiger partial charge is 0.493 e. The molecule has 3 aromatic carbocycles. The third kappa shape index (κ3) is 6.31. The van der Waals surface area contributed by atoms with Crippen LogP contribution in [0.25, 0.3) is 33.1 Å². The summed E-state index contributed by atoms with van der Waals surface area (Å²) in [5.74, 6) is 2.84. The SMILES string of the molecule is COc1cc2nc(-c3ccc4ccccc4c3)nc(NCCCCCN(C(C)C)C(C)C)c2cc1OC. The smallest absolute Gasteiger partial charge is 0.162 e. The number of benzene rings is 3. The van der Waals surface area contributed by atoms with Crippen molar-refractivity contribution in [2.24, 2.45) is 0 Å². The standard InChI is InChI=1S/C31H40N4O2/c1-21(2)35(22(3)4)17-11-7-10-16-32-31-26-19-28(36-5)29(37-6)20-27(26)33-30(34-31)25-15-14-23-12-8-9-13-24(23)18-25/h8-9,12-15,18-22H,7,10-11,16-17H2,1-6H3,(H,32,33,34). The first-order valence-corrected chi connectivity index (χ1v) is 13.3. The molecule has 0 spiro atoms. The summed E-state index contributed by atoms with van der Waals surface area (Å²) in [7, 11) is 3.30. The highest BCUT2D eigenvalue weighted by molar-refractivity contribution is 5.94. The molecule has 6 heteroatoms. The van der Waals surface area contributed by atoms with Gasteiger partial charge in [-0.3, -0.25) is 4.90 Å². The summed E-state index contributed by atoms with van der Waals surface area (Å²) in [4.78, 5) is 12.4. The van der Waals surface area contributed by atoms with Gasteiger partial charge in [-0.2, -0.15) is 0 Å². The maximum Gasteiger partial charge on any atom is 0.162 e. The lowest BCUT2D eigenvalue weighted by Crippen LogP contribution is -2.37. The van der Waals surface area contributed by atoms with Crippen LogP contribution in [0.15, 0.2) is 54.6 Å². The molecule has 1 N–H and O–H groups in total. The van der Waals surface area contributed by atoms with E-state index in [2.05, 4.69) is 80.4 Å². The van der Waals surface area contributed by atoms with Crippen molar-refractivity contribution in [3.63, 3.8) is 0 Å². The van der Waals surface area contributed by atoms with Crippen molar-refractivity contribution in [2.45, 2.75) is 59.0 Å². The van der Waals surface area contributed by atoms with E-state index in [1.54, 1.807) is 14.2 Å². The van der Waals surface area contributed by atoms with Crippen LogP contribution in [0.3, 0.4) is 0 Å². The number of hydrogen-bond acceptors (Lipinski definition) is 6. The van der Waals surface area contributed by atoms with Crippen LogP contribution in [-0.4, -0.2) is 54.3 Å². The Morgan fingerprint density at radius 1 is 0.784 bits per heavy atom. The number of anilines is 1. The van der Waals surface area contributed by atoms with Gasteiger partial charge in [-0.25, -0.2) is 9.97 Å². The molecule has 196 valence electrons. The molecule has 4 aromatic rings. The molecule has 0 radical (unpaired) electrons. The van der Waals surface area contributed by atoms with Gasteiger partial charge in [0.25, 0.3) is 0 Å². The number of unbranched alkanes of at least 4 members (excludes halogenated alkanes) is 2. The molecule has 0 aliphatic rings. The van der Waals surface area contributed by atoms with Crippen LogP contribution in [0.5, 0.6) is 11.5 Å². The zero-order valence-electron chi connectivity index (χ0n) is 23.0. The molecule has 4 rings (SSSR count). The highest BCUT2D eigenvalue weighted by Crippen LogP contribution is 2.35. The molecule has 0 atom stereocenters. The Morgan fingerprint density at radius 3 is 2.19 bits per heavy atom. The molecule has 0 unspecified atom stereocenters. The van der Waals surface area contributed by atoms with Crippen molar-refractivity contribution in [1.82, 2.24) is 14.9 Å². The predicted octanol–water partition coefficient (Wildman–Crippen LogP) is 7.17. The minimum atomic E-state index is 0.575. The molecule has 0 saturated carbocycles. The quantitative estimate of drug-likeness (QED) is 0.208. The van der Waals surface area contributed by atoms with Crippen LogP contribution in [0.1, 0.15) is 47.0 Å². The average Bonchev–Trinajstić information content (AvgIpc) is 2.90. The summed E-state index contributed by atoms with van der Waals surface area (Å²) in [5, 5.41) is 6.89. The minimum absolute atomic E-state index is 0.575. The Morgan fingerprint density at radius 2 is 1.49 bits per heavy atom. The number of fused-ring (bicyclic) bond motifs is 2. The minimum Gasteiger partial charge on any atom is -0.493 e. The van der Waals surface area contributed by atoms with Crippen LogP contribution < -0.4 is 14.8 Å². The monoisotopic (exact) mass is 500 g/mol. The van der Waals surface area contributed by atoms with Gasteiger partial charge in [0.15, 0.2) is 17.3 Å². The topological polar surface area (TPSA) is 59.5 Å². The molecule has 1 aromatic heterocycles. The van der Waals surface area contributed by atoms with Gasteiger partial charge in [0, 0.05) is 35.6 Å². The van der Waals surface area contributed by atoms with Gasteiger partial charge >= 0.3 is 0 Å². The fourth-order valence-electron chi connectivity index (χ4n) is 4.96. The van der Waals surface area contributed by atoms with E-state index in [4.69, 9.17) is 19.4 Å². The number of ether oxygens (including phenoxy) is 2. The van der Waals surface area contributed by atoms with E-state index in [0.717, 1.165) is 41.8 Å². The van der Waals surface area contributed by atoms with Crippen molar-refractivity contribution in [3.05, 3.63) is 54.6 Å². The molecular formula is C31H40N4O2. The Kier molecular flexibility index (Phi) is 8.82. The molecular weight excluding hydrogens is 460 g/mol. The number of aromatic nitrogens is 2. The molecule has 0 amide bonds. The van der Waals surface area contributed by atoms with Gasteiger partial charge in [0.1, 0.15) is 5.82 Å². The summed E-state index contributed by atoms with van der Waals surface area (Å²) in [6.07, 6.45) is 3.44. The molecule has 0 fully saturated rings. The van der Waals surface area contributed by atoms with Gasteiger partial charge < -0.3 is 14.8 Å². The first-order chi connectivity index (χ1) is 17.9. The second-order valence-corrected chi connectivity index (χ2v) is 10.1. The lowest BCUT2D eigenvalue weighted by molar-refractivity contribution is 0.171. The maximum absolute atomic E-state index is 5.57. The molecule has 0 saturated heterocycles. The zero-order chi connectivity index (χ0) is 26.4. The zero-order valence-corrected chi connectivity index (χ0v) is 23.0. The van der Waals surface area contributed by atoms with E-state index in [-0.39, 0.29) is 0 Å². The second-order valence-electron chi connectivity index (χ2n) is 10.1. The number of nitrogens with one attached hydrogen (secondary N) is 1. The fourth-order valence-corrected chi connectivity index (χ4v) is 4.96. The van der Waals surface area contributed by atoms with Gasteiger partial charge in [0.2, 0.25) is 0 Å². The van der Waals surface area contributed by atoms with E-state index >= 15 is 0 Å². The third-order valence-electron chi connectivity index (χ3n) is 6.92. The van der Waals surface area contributed by atoms with Gasteiger partial charge in [-0.05, 0) is 70.0 Å². The van der Waals surface area contributed by atoms with E-state index in [9.17, 15) is 0 Å². The van der Waals surface area contributed by atoms with E-state index in [1.165, 1.54) is 23.6 Å². The molecule has 0 aliphatic carbocycles. The lowest BCUT2D eigenvalue weighted by Gasteiger charge is -2.30.